The van der Waals surface area contributed by atoms with E-state index in [0.29, 0.717) is 13.2 Å². The first-order valence-corrected chi connectivity index (χ1v) is 8.00. The lowest BCUT2D eigenvalue weighted by molar-refractivity contribution is 0.327. The molecule has 0 radical (unpaired) electrons. The number of hydrogen-bond acceptors (Lipinski definition) is 2. The molecule has 0 amide bonds. The van der Waals surface area contributed by atoms with Crippen molar-refractivity contribution in [2.75, 3.05) is 32.8 Å². The summed E-state index contributed by atoms with van der Waals surface area (Å²) in [5.41, 5.74) is 0. The van der Waals surface area contributed by atoms with E-state index in [-0.39, 0.29) is 24.0 Å². The molecule has 1 aliphatic rings. The Labute approximate surface area is 152 Å². The van der Waals surface area contributed by atoms with Crippen molar-refractivity contribution in [3.8, 4) is 5.75 Å². The molecule has 0 saturated carbocycles. The summed E-state index contributed by atoms with van der Waals surface area (Å²) in [6, 6.07) is 7.88. The van der Waals surface area contributed by atoms with Crippen LogP contribution in [-0.2, 0) is 0 Å². The van der Waals surface area contributed by atoms with Crippen LogP contribution in [0, 0.1) is 0 Å². The third kappa shape index (κ3) is 6.42. The SMILES string of the molecule is CCNC(=NCCOc1cccc(Br)c1)N1CCCC1.I. The zero-order chi connectivity index (χ0) is 14.2. The van der Waals surface area contributed by atoms with E-state index in [1.54, 1.807) is 0 Å². The molecule has 0 aliphatic carbocycles. The smallest absolute Gasteiger partial charge is 0.194 e. The van der Waals surface area contributed by atoms with Gasteiger partial charge < -0.3 is 15.0 Å². The van der Waals surface area contributed by atoms with E-state index in [1.165, 1.54) is 12.8 Å². The number of likely N-dealkylation sites (tertiary alicyclic amines) is 1. The van der Waals surface area contributed by atoms with Gasteiger partial charge in [-0.05, 0) is 38.0 Å². The van der Waals surface area contributed by atoms with Crippen LogP contribution in [0.15, 0.2) is 33.7 Å². The van der Waals surface area contributed by atoms with Gasteiger partial charge in [0.05, 0.1) is 6.54 Å². The zero-order valence-electron chi connectivity index (χ0n) is 12.3. The lowest BCUT2D eigenvalue weighted by Crippen LogP contribution is -2.39. The largest absolute Gasteiger partial charge is 0.492 e. The Balaban J connectivity index is 0.00000220. The standard InChI is InChI=1S/C15H22BrN3O.HI/c1-2-17-15(19-9-3-4-10-19)18-8-11-20-14-7-5-6-13(16)12-14;/h5-7,12H,2-4,8-11H2,1H3,(H,17,18);1H. The molecule has 1 fully saturated rings. The quantitative estimate of drug-likeness (QED) is 0.311. The van der Waals surface area contributed by atoms with Crippen LogP contribution in [-0.4, -0.2) is 43.6 Å². The number of nitrogens with one attached hydrogen (secondary N) is 1. The summed E-state index contributed by atoms with van der Waals surface area (Å²) in [6.07, 6.45) is 2.53. The Hall–Kier alpha value is -0.500. The van der Waals surface area contributed by atoms with Crippen LogP contribution in [0.4, 0.5) is 0 Å². The van der Waals surface area contributed by atoms with Crippen molar-refractivity contribution in [2.24, 2.45) is 4.99 Å². The normalized spacial score (nSPS) is 14.8. The second kappa shape index (κ2) is 10.3. The van der Waals surface area contributed by atoms with Gasteiger partial charge in [0.15, 0.2) is 5.96 Å². The number of halogens is 2. The van der Waals surface area contributed by atoms with Crippen molar-refractivity contribution < 1.29 is 4.74 Å². The van der Waals surface area contributed by atoms with Crippen molar-refractivity contribution in [1.29, 1.82) is 0 Å². The number of hydrogen-bond donors (Lipinski definition) is 1. The van der Waals surface area contributed by atoms with Crippen LogP contribution in [0.5, 0.6) is 5.75 Å². The van der Waals surface area contributed by atoms with Crippen molar-refractivity contribution in [2.45, 2.75) is 19.8 Å². The van der Waals surface area contributed by atoms with E-state index in [4.69, 9.17) is 4.74 Å². The number of guanidine groups is 1. The lowest BCUT2D eigenvalue weighted by atomic mass is 10.3. The second-order valence-corrected chi connectivity index (χ2v) is 5.65. The molecule has 6 heteroatoms. The van der Waals surface area contributed by atoms with Crippen LogP contribution in [0.2, 0.25) is 0 Å². The topological polar surface area (TPSA) is 36.9 Å². The highest BCUT2D eigenvalue weighted by atomic mass is 127. The Morgan fingerprint density at radius 3 is 2.81 bits per heavy atom. The Morgan fingerprint density at radius 2 is 2.14 bits per heavy atom. The molecule has 0 unspecified atom stereocenters. The van der Waals surface area contributed by atoms with Gasteiger partial charge in [0.1, 0.15) is 12.4 Å². The van der Waals surface area contributed by atoms with Gasteiger partial charge >= 0.3 is 0 Å². The van der Waals surface area contributed by atoms with Crippen LogP contribution < -0.4 is 10.1 Å². The molecular formula is C15H23BrIN3O. The van der Waals surface area contributed by atoms with E-state index >= 15 is 0 Å². The summed E-state index contributed by atoms with van der Waals surface area (Å²) < 4.78 is 6.73. The molecule has 0 spiro atoms. The number of nitrogens with zero attached hydrogens (tertiary/aromatic N) is 2. The molecule has 1 aliphatic heterocycles. The third-order valence-corrected chi connectivity index (χ3v) is 3.65. The van der Waals surface area contributed by atoms with Gasteiger partial charge in [-0.3, -0.25) is 0 Å². The summed E-state index contributed by atoms with van der Waals surface area (Å²) in [4.78, 5) is 6.95. The minimum absolute atomic E-state index is 0. The van der Waals surface area contributed by atoms with Crippen LogP contribution >= 0.6 is 39.9 Å². The average Bonchev–Trinajstić information content (AvgIpc) is 2.96. The van der Waals surface area contributed by atoms with Crippen molar-refractivity contribution in [1.82, 2.24) is 10.2 Å². The Morgan fingerprint density at radius 1 is 1.38 bits per heavy atom. The van der Waals surface area contributed by atoms with E-state index in [0.717, 1.165) is 35.8 Å². The first-order chi connectivity index (χ1) is 9.79. The fourth-order valence-corrected chi connectivity index (χ4v) is 2.60. The molecule has 1 aromatic carbocycles. The Kier molecular flexibility index (Phi) is 9.07. The van der Waals surface area contributed by atoms with Crippen molar-refractivity contribution in [3.05, 3.63) is 28.7 Å². The van der Waals surface area contributed by atoms with E-state index in [1.807, 2.05) is 24.3 Å². The molecule has 118 valence electrons. The number of aliphatic imine (C=N–C) groups is 1. The maximum absolute atomic E-state index is 5.69. The van der Waals surface area contributed by atoms with Gasteiger partial charge in [0.2, 0.25) is 0 Å². The highest BCUT2D eigenvalue weighted by Gasteiger charge is 2.15. The van der Waals surface area contributed by atoms with Gasteiger partial charge in [0.25, 0.3) is 0 Å². The molecule has 1 aromatic rings. The number of benzene rings is 1. The fraction of sp³-hybridized carbons (Fsp3) is 0.533. The summed E-state index contributed by atoms with van der Waals surface area (Å²) in [6.45, 7) is 6.49. The summed E-state index contributed by atoms with van der Waals surface area (Å²) >= 11 is 3.44. The third-order valence-electron chi connectivity index (χ3n) is 3.16. The van der Waals surface area contributed by atoms with Gasteiger partial charge in [-0.1, -0.05) is 22.0 Å². The molecule has 2 rings (SSSR count). The minimum atomic E-state index is 0. The predicted molar refractivity (Wildman–Crippen MR) is 102 cm³/mol. The maximum atomic E-state index is 5.69. The molecule has 0 aromatic heterocycles. The molecule has 1 N–H and O–H groups in total. The molecule has 0 bridgehead atoms. The van der Waals surface area contributed by atoms with Gasteiger partial charge in [-0.25, -0.2) is 4.99 Å². The summed E-state index contributed by atoms with van der Waals surface area (Å²) in [5, 5.41) is 3.35. The summed E-state index contributed by atoms with van der Waals surface area (Å²) in [5.74, 6) is 1.89. The average molecular weight is 468 g/mol. The number of ether oxygens (including phenoxy) is 1. The van der Waals surface area contributed by atoms with Crippen molar-refractivity contribution >= 4 is 45.9 Å². The molecule has 21 heavy (non-hydrogen) atoms. The highest BCUT2D eigenvalue weighted by molar-refractivity contribution is 14.0. The van der Waals surface area contributed by atoms with E-state index < -0.39 is 0 Å². The minimum Gasteiger partial charge on any atom is -0.492 e. The van der Waals surface area contributed by atoms with E-state index in [9.17, 15) is 0 Å². The van der Waals surface area contributed by atoms with Gasteiger partial charge in [0, 0.05) is 24.1 Å². The van der Waals surface area contributed by atoms with E-state index in [2.05, 4.69) is 38.1 Å². The molecule has 0 atom stereocenters. The van der Waals surface area contributed by atoms with Gasteiger partial charge in [-0.2, -0.15) is 0 Å². The fourth-order valence-electron chi connectivity index (χ4n) is 2.23. The van der Waals surface area contributed by atoms with Crippen LogP contribution in [0.25, 0.3) is 0 Å². The lowest BCUT2D eigenvalue weighted by Gasteiger charge is -2.20. The molecule has 1 heterocycles. The molecular weight excluding hydrogens is 445 g/mol. The Bertz CT molecular complexity index is 450. The second-order valence-electron chi connectivity index (χ2n) is 4.74. The predicted octanol–water partition coefficient (Wildman–Crippen LogP) is 3.51. The monoisotopic (exact) mass is 467 g/mol. The molecule has 1 saturated heterocycles. The van der Waals surface area contributed by atoms with Crippen LogP contribution in [0.3, 0.4) is 0 Å². The number of rotatable bonds is 5. The summed E-state index contributed by atoms with van der Waals surface area (Å²) in [7, 11) is 0. The highest BCUT2D eigenvalue weighted by Crippen LogP contribution is 2.17. The maximum Gasteiger partial charge on any atom is 0.194 e. The molecule has 4 nitrogen and oxygen atoms in total. The van der Waals surface area contributed by atoms with Gasteiger partial charge in [-0.15, -0.1) is 24.0 Å². The first-order valence-electron chi connectivity index (χ1n) is 7.21. The first kappa shape index (κ1) is 18.5. The van der Waals surface area contributed by atoms with Crippen LogP contribution in [0.1, 0.15) is 19.8 Å². The van der Waals surface area contributed by atoms with Crippen molar-refractivity contribution in [3.63, 3.8) is 0 Å². The zero-order valence-corrected chi connectivity index (χ0v) is 16.3.